The van der Waals surface area contributed by atoms with Crippen LogP contribution in [0.5, 0.6) is 0 Å². The zero-order valence-electron chi connectivity index (χ0n) is 12.1. The minimum Gasteiger partial charge on any atom is -0.478 e. The van der Waals surface area contributed by atoms with Gasteiger partial charge in [0.05, 0.1) is 17.1 Å². The van der Waals surface area contributed by atoms with Crippen LogP contribution in [0.4, 0.5) is 0 Å². The van der Waals surface area contributed by atoms with E-state index in [-0.39, 0.29) is 5.56 Å². The molecule has 2 aliphatic carbocycles. The van der Waals surface area contributed by atoms with Gasteiger partial charge >= 0.3 is 5.97 Å². The number of nitrogens with zero attached hydrogens (tertiary/aromatic N) is 3. The molecule has 110 valence electrons. The first-order valence-corrected chi connectivity index (χ1v) is 7.71. The van der Waals surface area contributed by atoms with Gasteiger partial charge in [-0.15, -0.1) is 5.10 Å². The zero-order chi connectivity index (χ0) is 14.6. The Bertz CT molecular complexity index is 709. The highest BCUT2D eigenvalue weighted by atomic mass is 16.4. The van der Waals surface area contributed by atoms with Crippen molar-refractivity contribution >= 4 is 17.0 Å². The number of carboxylic acid groups (broad SMARTS) is 1. The number of fused-ring (bicyclic) bond motifs is 3. The van der Waals surface area contributed by atoms with Crippen LogP contribution >= 0.6 is 0 Å². The molecule has 4 unspecified atom stereocenters. The van der Waals surface area contributed by atoms with Gasteiger partial charge in [0.25, 0.3) is 0 Å². The highest BCUT2D eigenvalue weighted by Gasteiger charge is 2.42. The average molecular weight is 285 g/mol. The molecule has 5 nitrogen and oxygen atoms in total. The number of rotatable bonds is 3. The second-order valence-electron chi connectivity index (χ2n) is 6.62. The SMILES string of the molecule is CC(C1CC2CCC1C2)n1nnc2cc(C(=O)O)ccc21. The van der Waals surface area contributed by atoms with Crippen molar-refractivity contribution in [3.8, 4) is 0 Å². The summed E-state index contributed by atoms with van der Waals surface area (Å²) in [6, 6.07) is 5.41. The number of aromatic nitrogens is 3. The van der Waals surface area contributed by atoms with Gasteiger partial charge < -0.3 is 5.11 Å². The Morgan fingerprint density at radius 2 is 2.24 bits per heavy atom. The van der Waals surface area contributed by atoms with Crippen molar-refractivity contribution in [1.29, 1.82) is 0 Å². The molecule has 21 heavy (non-hydrogen) atoms. The van der Waals surface area contributed by atoms with E-state index in [1.165, 1.54) is 25.7 Å². The van der Waals surface area contributed by atoms with Gasteiger partial charge in [-0.25, -0.2) is 9.48 Å². The first-order valence-electron chi connectivity index (χ1n) is 7.71. The number of hydrogen-bond acceptors (Lipinski definition) is 3. The van der Waals surface area contributed by atoms with Gasteiger partial charge in [-0.1, -0.05) is 11.6 Å². The normalized spacial score (nSPS) is 29.1. The molecule has 5 heteroatoms. The lowest BCUT2D eigenvalue weighted by Crippen LogP contribution is -2.22. The van der Waals surface area contributed by atoms with E-state index in [1.54, 1.807) is 12.1 Å². The molecule has 2 saturated carbocycles. The van der Waals surface area contributed by atoms with E-state index in [2.05, 4.69) is 17.2 Å². The second-order valence-corrected chi connectivity index (χ2v) is 6.62. The molecular formula is C16H19N3O2. The summed E-state index contributed by atoms with van der Waals surface area (Å²) < 4.78 is 1.99. The van der Waals surface area contributed by atoms with Crippen molar-refractivity contribution in [3.63, 3.8) is 0 Å². The van der Waals surface area contributed by atoms with Crippen molar-refractivity contribution in [3.05, 3.63) is 23.8 Å². The fourth-order valence-corrected chi connectivity index (χ4v) is 4.44. The Kier molecular flexibility index (Phi) is 2.77. The third-order valence-corrected chi connectivity index (χ3v) is 5.52. The third kappa shape index (κ3) is 1.94. The summed E-state index contributed by atoms with van der Waals surface area (Å²) in [6.45, 7) is 2.23. The van der Waals surface area contributed by atoms with Gasteiger partial charge in [-0.3, -0.25) is 0 Å². The molecule has 4 rings (SSSR count). The van der Waals surface area contributed by atoms with E-state index in [9.17, 15) is 4.79 Å². The van der Waals surface area contributed by atoms with E-state index in [0.717, 1.165) is 17.4 Å². The molecular weight excluding hydrogens is 266 g/mol. The standard InChI is InChI=1S/C16H19N3O2/c1-9(13-7-10-2-3-11(13)6-10)19-15-5-4-12(16(20)21)8-14(15)17-18-19/h4-5,8-11,13H,2-3,6-7H2,1H3,(H,20,21). The van der Waals surface area contributed by atoms with E-state index in [4.69, 9.17) is 5.11 Å². The van der Waals surface area contributed by atoms with Gasteiger partial charge in [-0.2, -0.15) is 0 Å². The molecule has 0 amide bonds. The van der Waals surface area contributed by atoms with Crippen LogP contribution in [0.3, 0.4) is 0 Å². The number of carbonyl (C=O) groups is 1. The molecule has 2 fully saturated rings. The molecule has 0 saturated heterocycles. The maximum Gasteiger partial charge on any atom is 0.335 e. The number of carboxylic acids is 1. The van der Waals surface area contributed by atoms with Crippen molar-refractivity contribution in [1.82, 2.24) is 15.0 Å². The molecule has 0 aliphatic heterocycles. The molecule has 2 aromatic rings. The maximum atomic E-state index is 11.0. The zero-order valence-corrected chi connectivity index (χ0v) is 12.1. The van der Waals surface area contributed by atoms with E-state index in [1.807, 2.05) is 10.7 Å². The summed E-state index contributed by atoms with van der Waals surface area (Å²) in [4.78, 5) is 11.0. The minimum absolute atomic E-state index is 0.266. The average Bonchev–Trinajstić information content (AvgIpc) is 3.20. The minimum atomic E-state index is -0.924. The van der Waals surface area contributed by atoms with Crippen LogP contribution in [-0.2, 0) is 0 Å². The number of hydrogen-bond donors (Lipinski definition) is 1. The topological polar surface area (TPSA) is 68.0 Å². The predicted octanol–water partition coefficient (Wildman–Crippen LogP) is 3.13. The van der Waals surface area contributed by atoms with Gasteiger partial charge in [0.2, 0.25) is 0 Å². The molecule has 0 spiro atoms. The maximum absolute atomic E-state index is 11.0. The Hall–Kier alpha value is -1.91. The Morgan fingerprint density at radius 1 is 1.38 bits per heavy atom. The molecule has 2 bridgehead atoms. The lowest BCUT2D eigenvalue weighted by Gasteiger charge is -2.28. The highest BCUT2D eigenvalue weighted by Crippen LogP contribution is 2.52. The first kappa shape index (κ1) is 12.8. The van der Waals surface area contributed by atoms with Crippen LogP contribution in [0.2, 0.25) is 0 Å². The molecule has 2 aliphatic rings. The van der Waals surface area contributed by atoms with E-state index < -0.39 is 5.97 Å². The predicted molar refractivity (Wildman–Crippen MR) is 78.1 cm³/mol. The quantitative estimate of drug-likeness (QED) is 0.940. The third-order valence-electron chi connectivity index (χ3n) is 5.52. The Balaban J connectivity index is 1.68. The highest BCUT2D eigenvalue weighted by molar-refractivity contribution is 5.92. The van der Waals surface area contributed by atoms with Crippen molar-refractivity contribution in [2.45, 2.75) is 38.6 Å². The monoisotopic (exact) mass is 285 g/mol. The van der Waals surface area contributed by atoms with E-state index in [0.29, 0.717) is 17.5 Å². The van der Waals surface area contributed by atoms with Crippen LogP contribution in [0.1, 0.15) is 49.0 Å². The fraction of sp³-hybridized carbons (Fsp3) is 0.562. The summed E-state index contributed by atoms with van der Waals surface area (Å²) in [5.41, 5.74) is 1.88. The van der Waals surface area contributed by atoms with Gasteiger partial charge in [-0.05, 0) is 62.1 Å². The van der Waals surface area contributed by atoms with Crippen molar-refractivity contribution in [2.75, 3.05) is 0 Å². The molecule has 1 N–H and O–H groups in total. The Morgan fingerprint density at radius 3 is 2.90 bits per heavy atom. The fourth-order valence-electron chi connectivity index (χ4n) is 4.44. The summed E-state index contributed by atoms with van der Waals surface area (Å²) >= 11 is 0. The van der Waals surface area contributed by atoms with Crippen LogP contribution in [0.15, 0.2) is 18.2 Å². The molecule has 1 heterocycles. The summed E-state index contributed by atoms with van der Waals surface area (Å²) in [6.07, 6.45) is 5.44. The van der Waals surface area contributed by atoms with Gasteiger partial charge in [0, 0.05) is 0 Å². The number of benzene rings is 1. The summed E-state index contributed by atoms with van der Waals surface area (Å²) in [5.74, 6) is 1.51. The number of aromatic carboxylic acids is 1. The van der Waals surface area contributed by atoms with Gasteiger partial charge in [0.15, 0.2) is 0 Å². The molecule has 1 aromatic heterocycles. The first-order chi connectivity index (χ1) is 10.1. The molecule has 4 atom stereocenters. The Labute approximate surface area is 123 Å². The summed E-state index contributed by atoms with van der Waals surface area (Å²) in [7, 11) is 0. The molecule has 0 radical (unpaired) electrons. The second kappa shape index (κ2) is 4.55. The van der Waals surface area contributed by atoms with Crippen molar-refractivity contribution < 1.29 is 9.90 Å². The van der Waals surface area contributed by atoms with Gasteiger partial charge in [0.1, 0.15) is 5.52 Å². The largest absolute Gasteiger partial charge is 0.478 e. The lowest BCUT2D eigenvalue weighted by molar-refractivity contribution is 0.0697. The van der Waals surface area contributed by atoms with Crippen LogP contribution in [-0.4, -0.2) is 26.1 Å². The lowest BCUT2D eigenvalue weighted by atomic mass is 9.84. The summed E-state index contributed by atoms with van der Waals surface area (Å²) in [5, 5.41) is 17.5. The van der Waals surface area contributed by atoms with Crippen LogP contribution in [0.25, 0.3) is 11.0 Å². The van der Waals surface area contributed by atoms with Crippen molar-refractivity contribution in [2.24, 2.45) is 17.8 Å². The smallest absolute Gasteiger partial charge is 0.335 e. The van der Waals surface area contributed by atoms with Crippen LogP contribution in [0, 0.1) is 17.8 Å². The van der Waals surface area contributed by atoms with E-state index >= 15 is 0 Å². The van der Waals surface area contributed by atoms with Crippen LogP contribution < -0.4 is 0 Å². The molecule has 1 aromatic carbocycles.